The van der Waals surface area contributed by atoms with Crippen molar-refractivity contribution >= 4 is 28.0 Å². The van der Waals surface area contributed by atoms with E-state index in [1.165, 1.54) is 12.2 Å². The van der Waals surface area contributed by atoms with Gasteiger partial charge in [-0.15, -0.1) is 0 Å². The zero-order valence-electron chi connectivity index (χ0n) is 15.0. The van der Waals surface area contributed by atoms with Crippen LogP contribution in [0.5, 0.6) is 0 Å². The molecule has 26 heavy (non-hydrogen) atoms. The third kappa shape index (κ3) is 9.33. The van der Waals surface area contributed by atoms with Crippen molar-refractivity contribution in [2.45, 2.75) is 27.2 Å². The van der Waals surface area contributed by atoms with E-state index >= 15 is 0 Å². The van der Waals surface area contributed by atoms with Crippen LogP contribution in [-0.2, 0) is 38.7 Å². The number of hydrogen-bond donors (Lipinski definition) is 1. The lowest BCUT2D eigenvalue weighted by atomic mass is 9.87. The highest BCUT2D eigenvalue weighted by molar-refractivity contribution is 7.85. The van der Waals surface area contributed by atoms with E-state index in [-0.39, 0.29) is 6.42 Å². The zero-order valence-corrected chi connectivity index (χ0v) is 15.8. The van der Waals surface area contributed by atoms with Gasteiger partial charge in [0.15, 0.2) is 0 Å². The molecule has 0 radical (unpaired) electrons. The lowest BCUT2D eigenvalue weighted by molar-refractivity contribution is -0.169. The van der Waals surface area contributed by atoms with Crippen LogP contribution in [0.2, 0.25) is 0 Å². The van der Waals surface area contributed by atoms with E-state index < -0.39 is 59.0 Å². The first-order chi connectivity index (χ1) is 12.1. The molecule has 0 amide bonds. The van der Waals surface area contributed by atoms with Gasteiger partial charge in [-0.25, -0.2) is 9.59 Å². The van der Waals surface area contributed by atoms with E-state index in [2.05, 4.69) is 0 Å². The minimum atomic E-state index is -4.30. The number of hydrogen-bond acceptors (Lipinski definition) is 8. The maximum Gasteiger partial charge on any atom is 0.330 e. The number of esters is 3. The van der Waals surface area contributed by atoms with Crippen molar-refractivity contribution < 1.29 is 41.6 Å². The van der Waals surface area contributed by atoms with Gasteiger partial charge >= 0.3 is 17.9 Å². The molecule has 0 heterocycles. The van der Waals surface area contributed by atoms with Crippen LogP contribution >= 0.6 is 0 Å². The highest BCUT2D eigenvalue weighted by Crippen LogP contribution is 2.26. The van der Waals surface area contributed by atoms with E-state index in [4.69, 9.17) is 18.8 Å². The predicted octanol–water partition coefficient (Wildman–Crippen LogP) is 1.05. The standard InChI is InChI=1S/C16H24O9S/c1-4-7-13(17)24-11-16(6-3,12-25-14(18)8-5-2)15(19)23-9-10-26(20,21)22/h4-5,7-8H,6,9-12H2,1-3H3,(H,20,21,22). The first kappa shape index (κ1) is 23.8. The van der Waals surface area contributed by atoms with Crippen molar-refractivity contribution in [2.75, 3.05) is 25.6 Å². The molecule has 9 nitrogen and oxygen atoms in total. The highest BCUT2D eigenvalue weighted by atomic mass is 32.2. The van der Waals surface area contributed by atoms with Crippen molar-refractivity contribution in [1.29, 1.82) is 0 Å². The molecule has 0 rings (SSSR count). The quantitative estimate of drug-likeness (QED) is 0.237. The Bertz CT molecular complexity index is 619. The van der Waals surface area contributed by atoms with Gasteiger partial charge in [-0.2, -0.15) is 8.42 Å². The van der Waals surface area contributed by atoms with Gasteiger partial charge in [0.25, 0.3) is 10.1 Å². The zero-order chi connectivity index (χ0) is 20.2. The lowest BCUT2D eigenvalue weighted by Gasteiger charge is -2.28. The van der Waals surface area contributed by atoms with Crippen molar-refractivity contribution in [2.24, 2.45) is 5.41 Å². The normalized spacial score (nSPS) is 14.2. The molecule has 0 aliphatic heterocycles. The van der Waals surface area contributed by atoms with Gasteiger partial charge in [0.2, 0.25) is 0 Å². The Hall–Kier alpha value is -2.20. The second-order valence-corrected chi connectivity index (χ2v) is 6.84. The van der Waals surface area contributed by atoms with E-state index in [1.807, 2.05) is 0 Å². The van der Waals surface area contributed by atoms with Gasteiger partial charge in [0.05, 0.1) is 0 Å². The highest BCUT2D eigenvalue weighted by Gasteiger charge is 2.41. The molecule has 0 unspecified atom stereocenters. The van der Waals surface area contributed by atoms with Gasteiger partial charge in [0, 0.05) is 12.2 Å². The van der Waals surface area contributed by atoms with Crippen LogP contribution < -0.4 is 0 Å². The first-order valence-corrected chi connectivity index (χ1v) is 9.42. The van der Waals surface area contributed by atoms with Gasteiger partial charge in [-0.05, 0) is 20.3 Å². The fourth-order valence-electron chi connectivity index (χ4n) is 1.69. The summed E-state index contributed by atoms with van der Waals surface area (Å²) in [6.07, 6.45) is 5.29. The van der Waals surface area contributed by atoms with Crippen molar-refractivity contribution in [3.63, 3.8) is 0 Å². The summed E-state index contributed by atoms with van der Waals surface area (Å²) in [4.78, 5) is 35.4. The number of carbonyl (C=O) groups excluding carboxylic acids is 3. The molecule has 0 spiro atoms. The molecule has 0 aliphatic rings. The average Bonchev–Trinajstić information content (AvgIpc) is 2.54. The Kier molecular flexibility index (Phi) is 10.5. The monoisotopic (exact) mass is 392 g/mol. The summed E-state index contributed by atoms with van der Waals surface area (Å²) in [6, 6.07) is 0. The summed E-state index contributed by atoms with van der Waals surface area (Å²) < 4.78 is 45.0. The van der Waals surface area contributed by atoms with Crippen molar-refractivity contribution in [3.05, 3.63) is 24.3 Å². The fraction of sp³-hybridized carbons (Fsp3) is 0.562. The molecule has 0 aromatic rings. The van der Waals surface area contributed by atoms with Gasteiger partial charge in [-0.3, -0.25) is 9.35 Å². The third-order valence-electron chi connectivity index (χ3n) is 3.27. The summed E-state index contributed by atoms with van der Waals surface area (Å²) in [6.45, 7) is 3.36. The Morgan fingerprint density at radius 1 is 0.962 bits per heavy atom. The van der Waals surface area contributed by atoms with Gasteiger partial charge in [0.1, 0.15) is 31.0 Å². The molecule has 0 aromatic carbocycles. The molecular weight excluding hydrogens is 368 g/mol. The number of ether oxygens (including phenoxy) is 3. The van der Waals surface area contributed by atoms with E-state index in [1.54, 1.807) is 20.8 Å². The molecule has 0 aliphatic carbocycles. The fourth-order valence-corrected chi connectivity index (χ4v) is 1.98. The van der Waals surface area contributed by atoms with Crippen LogP contribution in [0.25, 0.3) is 0 Å². The average molecular weight is 392 g/mol. The molecule has 0 aromatic heterocycles. The summed E-state index contributed by atoms with van der Waals surface area (Å²) in [5, 5.41) is 0. The Labute approximate surface area is 152 Å². The largest absolute Gasteiger partial charge is 0.464 e. The molecule has 1 N–H and O–H groups in total. The predicted molar refractivity (Wildman–Crippen MR) is 91.6 cm³/mol. The molecule has 0 atom stereocenters. The Morgan fingerprint density at radius 2 is 1.42 bits per heavy atom. The first-order valence-electron chi connectivity index (χ1n) is 7.81. The maximum absolute atomic E-state index is 12.4. The molecule has 10 heteroatoms. The minimum absolute atomic E-state index is 0.0872. The number of allylic oxidation sites excluding steroid dienone is 2. The summed E-state index contributed by atoms with van der Waals surface area (Å²) in [7, 11) is -4.30. The minimum Gasteiger partial charge on any atom is -0.464 e. The van der Waals surface area contributed by atoms with Crippen LogP contribution in [-0.4, -0.2) is 56.5 Å². The van der Waals surface area contributed by atoms with Crippen LogP contribution in [0.3, 0.4) is 0 Å². The molecule has 0 saturated heterocycles. The second-order valence-electron chi connectivity index (χ2n) is 5.27. The van der Waals surface area contributed by atoms with Crippen LogP contribution in [0.1, 0.15) is 27.2 Å². The number of rotatable bonds is 11. The van der Waals surface area contributed by atoms with E-state index in [9.17, 15) is 22.8 Å². The van der Waals surface area contributed by atoms with Crippen LogP contribution in [0, 0.1) is 5.41 Å². The smallest absolute Gasteiger partial charge is 0.330 e. The van der Waals surface area contributed by atoms with Crippen molar-refractivity contribution in [3.8, 4) is 0 Å². The Morgan fingerprint density at radius 3 is 1.77 bits per heavy atom. The molecule has 0 saturated carbocycles. The topological polar surface area (TPSA) is 133 Å². The van der Waals surface area contributed by atoms with E-state index in [0.29, 0.717) is 0 Å². The maximum atomic E-state index is 12.4. The van der Waals surface area contributed by atoms with Gasteiger partial charge < -0.3 is 14.2 Å². The molecular formula is C16H24O9S. The number of carbonyl (C=O) groups is 3. The third-order valence-corrected chi connectivity index (χ3v) is 3.95. The van der Waals surface area contributed by atoms with Crippen molar-refractivity contribution in [1.82, 2.24) is 0 Å². The SMILES string of the molecule is CC=CC(=O)OCC(CC)(COC(=O)C=CC)C(=O)OCCS(=O)(=O)O. The summed E-state index contributed by atoms with van der Waals surface area (Å²) >= 11 is 0. The summed E-state index contributed by atoms with van der Waals surface area (Å²) in [5.41, 5.74) is -1.51. The van der Waals surface area contributed by atoms with Crippen LogP contribution in [0.15, 0.2) is 24.3 Å². The molecule has 0 fully saturated rings. The summed E-state index contributed by atoms with van der Waals surface area (Å²) in [5.74, 6) is -3.09. The van der Waals surface area contributed by atoms with Crippen LogP contribution in [0.4, 0.5) is 0 Å². The molecule has 148 valence electrons. The van der Waals surface area contributed by atoms with Gasteiger partial charge in [-0.1, -0.05) is 19.1 Å². The van der Waals surface area contributed by atoms with E-state index in [0.717, 1.165) is 12.2 Å². The second kappa shape index (κ2) is 11.4. The molecule has 0 bridgehead atoms. The lowest BCUT2D eigenvalue weighted by Crippen LogP contribution is -2.42. The Balaban J connectivity index is 5.21.